The van der Waals surface area contributed by atoms with Crippen LogP contribution in [0.1, 0.15) is 12.0 Å². The number of thioether (sulfide) groups is 1. The van der Waals surface area contributed by atoms with Gasteiger partial charge in [-0.05, 0) is 24.1 Å². The Bertz CT molecular complexity index is 718. The van der Waals surface area contributed by atoms with E-state index in [0.29, 0.717) is 13.0 Å². The number of hydrogen-bond donors (Lipinski definition) is 1. The molecule has 1 aliphatic heterocycles. The second kappa shape index (κ2) is 8.02. The number of amides is 2. The molecule has 24 heavy (non-hydrogen) atoms. The third kappa shape index (κ3) is 4.17. The molecule has 0 aliphatic carbocycles. The summed E-state index contributed by atoms with van der Waals surface area (Å²) in [4.78, 5) is 27.3. The summed E-state index contributed by atoms with van der Waals surface area (Å²) in [6.45, 7) is 0.645. The summed E-state index contributed by atoms with van der Waals surface area (Å²) >= 11 is 1.67. The summed E-state index contributed by atoms with van der Waals surface area (Å²) in [6, 6.07) is 17.8. The molecule has 5 heteroatoms. The Balaban J connectivity index is 1.59. The van der Waals surface area contributed by atoms with E-state index in [9.17, 15) is 9.59 Å². The van der Waals surface area contributed by atoms with Crippen LogP contribution in [0.25, 0.3) is 0 Å². The Morgan fingerprint density at radius 3 is 2.67 bits per heavy atom. The molecule has 0 radical (unpaired) electrons. The predicted octanol–water partition coefficient (Wildman–Crippen LogP) is 2.87. The maximum absolute atomic E-state index is 12.3. The van der Waals surface area contributed by atoms with Gasteiger partial charge in [0.25, 0.3) is 0 Å². The fraction of sp³-hybridized carbons (Fsp3) is 0.263. The zero-order valence-electron chi connectivity index (χ0n) is 13.4. The van der Waals surface area contributed by atoms with E-state index in [1.807, 2.05) is 54.6 Å². The largest absolute Gasteiger partial charge is 0.354 e. The van der Waals surface area contributed by atoms with Crippen molar-refractivity contribution in [3.63, 3.8) is 0 Å². The number of rotatable bonds is 5. The molecule has 1 N–H and O–H groups in total. The number of fused-ring (bicyclic) bond motifs is 1. The van der Waals surface area contributed by atoms with E-state index in [4.69, 9.17) is 0 Å². The van der Waals surface area contributed by atoms with Gasteiger partial charge in [0.15, 0.2) is 0 Å². The fourth-order valence-electron chi connectivity index (χ4n) is 2.68. The average molecular weight is 340 g/mol. The second-order valence-electron chi connectivity index (χ2n) is 5.63. The van der Waals surface area contributed by atoms with Gasteiger partial charge in [0.2, 0.25) is 11.8 Å². The van der Waals surface area contributed by atoms with Crippen molar-refractivity contribution in [2.45, 2.75) is 17.7 Å². The first-order chi connectivity index (χ1) is 11.7. The highest BCUT2D eigenvalue weighted by molar-refractivity contribution is 7.99. The summed E-state index contributed by atoms with van der Waals surface area (Å²) in [6.07, 6.45) is 1.24. The maximum Gasteiger partial charge on any atom is 0.240 e. The monoisotopic (exact) mass is 340 g/mol. The number of para-hydroxylation sites is 1. The van der Waals surface area contributed by atoms with Crippen LogP contribution in [-0.2, 0) is 16.0 Å². The normalized spacial score (nSPS) is 14.0. The van der Waals surface area contributed by atoms with Crippen molar-refractivity contribution in [2.75, 3.05) is 23.7 Å². The highest BCUT2D eigenvalue weighted by atomic mass is 32.2. The number of hydrogen-bond acceptors (Lipinski definition) is 3. The molecule has 0 unspecified atom stereocenters. The number of benzene rings is 2. The molecule has 4 nitrogen and oxygen atoms in total. The standard InChI is InChI=1S/C19H20N2O2S/c22-18(20-12-10-15-6-2-1-3-7-15)14-21-16-8-4-5-9-17(16)24-13-11-19(21)23/h1-9H,10-14H2,(H,20,22). The van der Waals surface area contributed by atoms with Crippen molar-refractivity contribution in [3.05, 3.63) is 60.2 Å². The van der Waals surface area contributed by atoms with Gasteiger partial charge in [0.05, 0.1) is 5.69 Å². The maximum atomic E-state index is 12.3. The van der Waals surface area contributed by atoms with Crippen LogP contribution < -0.4 is 10.2 Å². The van der Waals surface area contributed by atoms with Gasteiger partial charge < -0.3 is 10.2 Å². The van der Waals surface area contributed by atoms with Crippen LogP contribution in [0.15, 0.2) is 59.5 Å². The molecule has 1 aliphatic rings. The third-order valence-corrected chi connectivity index (χ3v) is 4.98. The van der Waals surface area contributed by atoms with Crippen molar-refractivity contribution in [1.82, 2.24) is 5.32 Å². The molecule has 0 atom stereocenters. The molecular weight excluding hydrogens is 320 g/mol. The van der Waals surface area contributed by atoms with E-state index >= 15 is 0 Å². The van der Waals surface area contributed by atoms with Gasteiger partial charge in [-0.3, -0.25) is 9.59 Å². The number of carbonyl (C=O) groups is 2. The van der Waals surface area contributed by atoms with Crippen LogP contribution in [0.4, 0.5) is 5.69 Å². The summed E-state index contributed by atoms with van der Waals surface area (Å²) in [5.74, 6) is 0.633. The molecule has 0 fully saturated rings. The van der Waals surface area contributed by atoms with Crippen molar-refractivity contribution in [2.24, 2.45) is 0 Å². The highest BCUT2D eigenvalue weighted by Crippen LogP contribution is 2.33. The summed E-state index contributed by atoms with van der Waals surface area (Å²) < 4.78 is 0. The fourth-order valence-corrected chi connectivity index (χ4v) is 3.68. The van der Waals surface area contributed by atoms with Crippen LogP contribution in [0.2, 0.25) is 0 Å². The van der Waals surface area contributed by atoms with Crippen LogP contribution in [0.3, 0.4) is 0 Å². The molecule has 2 amide bonds. The molecule has 0 aromatic heterocycles. The summed E-state index contributed by atoms with van der Waals surface area (Å²) in [7, 11) is 0. The Morgan fingerprint density at radius 2 is 1.83 bits per heavy atom. The van der Waals surface area contributed by atoms with E-state index < -0.39 is 0 Å². The van der Waals surface area contributed by atoms with Crippen LogP contribution >= 0.6 is 11.8 Å². The number of nitrogens with one attached hydrogen (secondary N) is 1. The Morgan fingerprint density at radius 1 is 1.08 bits per heavy atom. The second-order valence-corrected chi connectivity index (χ2v) is 6.77. The van der Waals surface area contributed by atoms with E-state index in [2.05, 4.69) is 5.32 Å². The topological polar surface area (TPSA) is 49.4 Å². The van der Waals surface area contributed by atoms with E-state index in [-0.39, 0.29) is 18.4 Å². The number of nitrogens with zero attached hydrogens (tertiary/aromatic N) is 1. The van der Waals surface area contributed by atoms with Gasteiger partial charge in [-0.25, -0.2) is 0 Å². The smallest absolute Gasteiger partial charge is 0.240 e. The van der Waals surface area contributed by atoms with Crippen LogP contribution in [0, 0.1) is 0 Å². The van der Waals surface area contributed by atoms with Gasteiger partial charge >= 0.3 is 0 Å². The zero-order chi connectivity index (χ0) is 16.8. The van der Waals surface area contributed by atoms with Gasteiger partial charge in [-0.15, -0.1) is 11.8 Å². The minimum Gasteiger partial charge on any atom is -0.354 e. The first-order valence-electron chi connectivity index (χ1n) is 8.07. The van der Waals surface area contributed by atoms with Gasteiger partial charge in [0, 0.05) is 23.6 Å². The molecule has 3 rings (SSSR count). The van der Waals surface area contributed by atoms with Crippen molar-refractivity contribution < 1.29 is 9.59 Å². The third-order valence-electron chi connectivity index (χ3n) is 3.91. The lowest BCUT2D eigenvalue weighted by atomic mass is 10.1. The molecule has 1 heterocycles. The summed E-state index contributed by atoms with van der Waals surface area (Å²) in [5.41, 5.74) is 2.02. The minimum atomic E-state index is -0.124. The number of carbonyl (C=O) groups excluding carboxylic acids is 2. The van der Waals surface area contributed by atoms with Crippen molar-refractivity contribution >= 4 is 29.3 Å². The van der Waals surface area contributed by atoms with Gasteiger partial charge in [0.1, 0.15) is 6.54 Å². The minimum absolute atomic E-state index is 0.00524. The van der Waals surface area contributed by atoms with E-state index in [1.165, 1.54) is 5.56 Å². The summed E-state index contributed by atoms with van der Waals surface area (Å²) in [5, 5.41) is 2.91. The molecule has 0 bridgehead atoms. The van der Waals surface area contributed by atoms with Gasteiger partial charge in [-0.2, -0.15) is 0 Å². The molecule has 124 valence electrons. The van der Waals surface area contributed by atoms with E-state index in [0.717, 1.165) is 22.8 Å². The Hall–Kier alpha value is -2.27. The lowest BCUT2D eigenvalue weighted by Crippen LogP contribution is -2.41. The van der Waals surface area contributed by atoms with Crippen LogP contribution in [0.5, 0.6) is 0 Å². The SMILES string of the molecule is O=C(CN1C(=O)CCSc2ccccc21)NCCc1ccccc1. The van der Waals surface area contributed by atoms with Crippen LogP contribution in [-0.4, -0.2) is 30.7 Å². The molecule has 2 aromatic carbocycles. The quantitative estimate of drug-likeness (QED) is 0.910. The lowest BCUT2D eigenvalue weighted by Gasteiger charge is -2.22. The molecular formula is C19H20N2O2S. The average Bonchev–Trinajstić information content (AvgIpc) is 2.75. The van der Waals surface area contributed by atoms with Crippen molar-refractivity contribution in [3.8, 4) is 0 Å². The molecule has 2 aromatic rings. The van der Waals surface area contributed by atoms with E-state index in [1.54, 1.807) is 16.7 Å². The molecule has 0 spiro atoms. The number of anilines is 1. The Kier molecular flexibility index (Phi) is 5.54. The van der Waals surface area contributed by atoms with Gasteiger partial charge in [-0.1, -0.05) is 42.5 Å². The first-order valence-corrected chi connectivity index (χ1v) is 9.05. The molecule has 0 saturated heterocycles. The highest BCUT2D eigenvalue weighted by Gasteiger charge is 2.24. The predicted molar refractivity (Wildman–Crippen MR) is 97.3 cm³/mol. The molecule has 0 saturated carbocycles. The lowest BCUT2D eigenvalue weighted by molar-refractivity contribution is -0.123. The van der Waals surface area contributed by atoms with Crippen molar-refractivity contribution in [1.29, 1.82) is 0 Å². The first kappa shape index (κ1) is 16.6. The Labute approximate surface area is 146 Å². The zero-order valence-corrected chi connectivity index (χ0v) is 14.2.